The lowest BCUT2D eigenvalue weighted by molar-refractivity contribution is -0.0273. The second-order valence-corrected chi connectivity index (χ2v) is 9.52. The van der Waals surface area contributed by atoms with E-state index in [0.717, 1.165) is 56.1 Å². The number of fused-ring (bicyclic) bond motifs is 1. The molecule has 1 spiro atoms. The number of benzene rings is 1. The third-order valence-electron chi connectivity index (χ3n) is 6.77. The van der Waals surface area contributed by atoms with Gasteiger partial charge in [-0.15, -0.1) is 10.2 Å². The van der Waals surface area contributed by atoms with E-state index in [0.29, 0.717) is 29.0 Å². The molecule has 2 saturated heterocycles. The van der Waals surface area contributed by atoms with Crippen molar-refractivity contribution in [2.45, 2.75) is 13.5 Å². The fourth-order valence-electron chi connectivity index (χ4n) is 5.10. The zero-order chi connectivity index (χ0) is 24.7. The summed E-state index contributed by atoms with van der Waals surface area (Å²) in [5.74, 6) is -1.84. The molecule has 0 N–H and O–H groups in total. The predicted molar refractivity (Wildman–Crippen MR) is 131 cm³/mol. The van der Waals surface area contributed by atoms with E-state index >= 15 is 0 Å². The molecule has 2 aliphatic rings. The van der Waals surface area contributed by atoms with Crippen LogP contribution in [0.4, 0.5) is 14.5 Å². The Bertz CT molecular complexity index is 1420. The molecule has 0 radical (unpaired) electrons. The highest BCUT2D eigenvalue weighted by atomic mass is 19.2. The molecule has 0 amide bonds. The van der Waals surface area contributed by atoms with Crippen LogP contribution in [0.5, 0.6) is 0 Å². The molecule has 4 aromatic rings. The van der Waals surface area contributed by atoms with Gasteiger partial charge in [-0.1, -0.05) is 11.2 Å². The Kier molecular flexibility index (Phi) is 5.60. The highest BCUT2D eigenvalue weighted by molar-refractivity contribution is 6.11. The minimum atomic E-state index is -0.936. The topological polar surface area (TPSA) is 71.2 Å². The molecule has 0 atom stereocenters. The number of halogens is 2. The van der Waals surface area contributed by atoms with Gasteiger partial charge >= 0.3 is 0 Å². The predicted octanol–water partition coefficient (Wildman–Crippen LogP) is 3.51. The first-order valence-corrected chi connectivity index (χ1v) is 11.9. The molecular formula is C26H25F2N7O. The highest BCUT2D eigenvalue weighted by Crippen LogP contribution is 2.42. The Labute approximate surface area is 206 Å². The van der Waals surface area contributed by atoms with Crippen molar-refractivity contribution < 1.29 is 13.6 Å². The van der Waals surface area contributed by atoms with Crippen LogP contribution in [0.3, 0.4) is 0 Å². The summed E-state index contributed by atoms with van der Waals surface area (Å²) in [7, 11) is 0. The molecule has 0 aliphatic carbocycles. The summed E-state index contributed by atoms with van der Waals surface area (Å²) in [6.45, 7) is 7.14. The first kappa shape index (κ1) is 22.5. The van der Waals surface area contributed by atoms with Crippen LogP contribution in [0.2, 0.25) is 0 Å². The smallest absolute Gasteiger partial charge is 0.162 e. The number of oxime groups is 1. The van der Waals surface area contributed by atoms with Gasteiger partial charge in [-0.3, -0.25) is 14.3 Å². The Morgan fingerprint density at radius 1 is 1.06 bits per heavy atom. The van der Waals surface area contributed by atoms with E-state index in [1.54, 1.807) is 13.3 Å². The third-order valence-corrected chi connectivity index (χ3v) is 6.77. The van der Waals surface area contributed by atoms with Gasteiger partial charge in [0.05, 0.1) is 5.69 Å². The van der Waals surface area contributed by atoms with Crippen molar-refractivity contribution in [3.8, 4) is 0 Å². The van der Waals surface area contributed by atoms with Crippen molar-refractivity contribution in [3.63, 3.8) is 0 Å². The molecule has 8 nitrogen and oxygen atoms in total. The fraction of sp³-hybridized carbons (Fsp3) is 0.308. The van der Waals surface area contributed by atoms with E-state index in [1.807, 2.05) is 28.9 Å². The van der Waals surface area contributed by atoms with Crippen molar-refractivity contribution in [2.75, 3.05) is 37.7 Å². The molecule has 0 bridgehead atoms. The molecule has 5 heterocycles. The molecule has 0 saturated carbocycles. The molecule has 2 fully saturated rings. The van der Waals surface area contributed by atoms with E-state index in [-0.39, 0.29) is 0 Å². The molecule has 36 heavy (non-hydrogen) atoms. The summed E-state index contributed by atoms with van der Waals surface area (Å²) in [6, 6.07) is 11.7. The lowest BCUT2D eigenvalue weighted by atomic mass is 9.72. The molecular weight excluding hydrogens is 464 g/mol. The largest absolute Gasteiger partial charge is 0.396 e. The van der Waals surface area contributed by atoms with Crippen LogP contribution in [-0.4, -0.2) is 63.0 Å². The second-order valence-electron chi connectivity index (χ2n) is 9.52. The van der Waals surface area contributed by atoms with Crippen LogP contribution in [0, 0.1) is 17.0 Å². The summed E-state index contributed by atoms with van der Waals surface area (Å²) in [5, 5.41) is 12.2. The maximum absolute atomic E-state index is 13.8. The zero-order valence-corrected chi connectivity index (χ0v) is 19.8. The van der Waals surface area contributed by atoms with Gasteiger partial charge in [-0.25, -0.2) is 8.78 Å². The number of aromatic nitrogens is 4. The average Bonchev–Trinajstić information content (AvgIpc) is 3.31. The number of anilines is 1. The van der Waals surface area contributed by atoms with Crippen molar-refractivity contribution in [2.24, 2.45) is 10.6 Å². The van der Waals surface area contributed by atoms with E-state index in [4.69, 9.17) is 4.84 Å². The van der Waals surface area contributed by atoms with Gasteiger partial charge in [0, 0.05) is 67.8 Å². The first-order chi connectivity index (χ1) is 17.5. The molecule has 6 rings (SSSR count). The van der Waals surface area contributed by atoms with Crippen molar-refractivity contribution in [1.29, 1.82) is 0 Å². The molecule has 0 unspecified atom stereocenters. The van der Waals surface area contributed by atoms with Crippen molar-refractivity contribution in [1.82, 2.24) is 24.5 Å². The van der Waals surface area contributed by atoms with Gasteiger partial charge in [-0.05, 0) is 42.8 Å². The summed E-state index contributed by atoms with van der Waals surface area (Å²) in [6.07, 6.45) is 5.51. The minimum absolute atomic E-state index is 0.344. The normalized spacial score (nSPS) is 17.3. The number of hydrogen-bond donors (Lipinski definition) is 0. The molecule has 10 heteroatoms. The fourth-order valence-corrected chi connectivity index (χ4v) is 5.10. The van der Waals surface area contributed by atoms with Crippen LogP contribution in [0.25, 0.3) is 5.65 Å². The summed E-state index contributed by atoms with van der Waals surface area (Å²) < 4.78 is 29.1. The van der Waals surface area contributed by atoms with Gasteiger partial charge in [0.2, 0.25) is 0 Å². The summed E-state index contributed by atoms with van der Waals surface area (Å²) in [4.78, 5) is 14.6. The van der Waals surface area contributed by atoms with E-state index in [2.05, 4.69) is 42.3 Å². The number of nitrogens with zero attached hydrogens (tertiary/aromatic N) is 7. The monoisotopic (exact) mass is 489 g/mol. The molecule has 3 aromatic heterocycles. The Balaban J connectivity index is 1.07. The number of hydrogen-bond acceptors (Lipinski definition) is 7. The van der Waals surface area contributed by atoms with Crippen LogP contribution in [0.1, 0.15) is 23.7 Å². The maximum atomic E-state index is 13.8. The van der Waals surface area contributed by atoms with E-state index in [9.17, 15) is 8.78 Å². The maximum Gasteiger partial charge on any atom is 0.162 e. The van der Waals surface area contributed by atoms with Gasteiger partial charge in [0.1, 0.15) is 18.6 Å². The number of likely N-dealkylation sites (tertiary alicyclic amines) is 1. The Morgan fingerprint density at radius 3 is 2.67 bits per heavy atom. The lowest BCUT2D eigenvalue weighted by Crippen LogP contribution is -2.71. The summed E-state index contributed by atoms with van der Waals surface area (Å²) >= 11 is 0. The Morgan fingerprint density at radius 2 is 1.92 bits per heavy atom. The lowest BCUT2D eigenvalue weighted by Gasteiger charge is -2.61. The highest BCUT2D eigenvalue weighted by Gasteiger charge is 2.51. The minimum Gasteiger partial charge on any atom is -0.396 e. The average molecular weight is 490 g/mol. The quantitative estimate of drug-likeness (QED) is 0.292. The van der Waals surface area contributed by atoms with Crippen molar-refractivity contribution >= 4 is 17.0 Å². The second kappa shape index (κ2) is 8.94. The van der Waals surface area contributed by atoms with E-state index < -0.39 is 11.6 Å². The summed E-state index contributed by atoms with van der Waals surface area (Å²) in [5.41, 5.74) is 4.79. The molecule has 184 valence electrons. The van der Waals surface area contributed by atoms with Crippen molar-refractivity contribution in [3.05, 3.63) is 89.6 Å². The van der Waals surface area contributed by atoms with Crippen LogP contribution < -0.4 is 4.90 Å². The Hall–Kier alpha value is -3.92. The zero-order valence-electron chi connectivity index (χ0n) is 19.8. The SMILES string of the molecule is CCON=C(c1ccc(F)c(F)c1)c1ccc(CN2CC3(C2)CN(c2ccn4cnnc4c2)C3)cn1. The number of rotatable bonds is 7. The third kappa shape index (κ3) is 4.17. The number of pyridine rings is 2. The van der Waals surface area contributed by atoms with Gasteiger partial charge < -0.3 is 9.74 Å². The van der Waals surface area contributed by atoms with Crippen LogP contribution >= 0.6 is 0 Å². The molecule has 1 aromatic carbocycles. The van der Waals surface area contributed by atoms with Gasteiger partial charge in [-0.2, -0.15) is 0 Å². The van der Waals surface area contributed by atoms with Crippen LogP contribution in [0.15, 0.2) is 66.3 Å². The first-order valence-electron chi connectivity index (χ1n) is 11.9. The van der Waals surface area contributed by atoms with Crippen LogP contribution in [-0.2, 0) is 11.4 Å². The van der Waals surface area contributed by atoms with E-state index in [1.165, 1.54) is 11.8 Å². The van der Waals surface area contributed by atoms with Gasteiger partial charge in [0.25, 0.3) is 0 Å². The molecule has 2 aliphatic heterocycles. The van der Waals surface area contributed by atoms with Gasteiger partial charge in [0.15, 0.2) is 17.3 Å². The standard InChI is InChI=1S/C26H25F2N7O/c1-2-36-32-25(19-4-5-21(27)22(28)9-19)23-6-3-18(11-29-23)12-33-13-26(14-33)15-35(16-26)20-7-8-34-17-30-31-24(34)10-20/h3-11,17H,2,12-16H2,1H3.